The van der Waals surface area contributed by atoms with E-state index in [2.05, 4.69) is 4.98 Å². The Morgan fingerprint density at radius 3 is 2.68 bits per heavy atom. The van der Waals surface area contributed by atoms with Crippen LogP contribution in [0.4, 0.5) is 0 Å². The van der Waals surface area contributed by atoms with Crippen LogP contribution in [0, 0.1) is 6.92 Å². The lowest BCUT2D eigenvalue weighted by Crippen LogP contribution is -2.26. The van der Waals surface area contributed by atoms with Gasteiger partial charge in [-0.1, -0.05) is 41.4 Å². The molecule has 0 radical (unpaired) electrons. The van der Waals surface area contributed by atoms with Crippen molar-refractivity contribution in [3.63, 3.8) is 0 Å². The Morgan fingerprint density at radius 2 is 2.00 bits per heavy atom. The topological polar surface area (TPSA) is 70.1 Å². The highest BCUT2D eigenvalue weighted by Crippen LogP contribution is 2.26. The molecule has 0 aliphatic carbocycles. The number of aryl methyl sites for hydroxylation is 1. The standard InChI is InChI=1S/C16H14ClN3O2/c1-10-2-4-11(5-3-10)16-19-13-7-6-12(17)8-14(13)20(16)22-9-15(18)21/h2-8H,9H2,1H3,(H2,18,21). The van der Waals surface area contributed by atoms with Gasteiger partial charge in [-0.2, -0.15) is 4.73 Å². The number of hydrogen-bond donors (Lipinski definition) is 1. The van der Waals surface area contributed by atoms with E-state index in [1.165, 1.54) is 4.73 Å². The summed E-state index contributed by atoms with van der Waals surface area (Å²) in [5, 5.41) is 0.562. The Hall–Kier alpha value is -2.53. The number of benzene rings is 2. The van der Waals surface area contributed by atoms with Crippen molar-refractivity contribution in [2.75, 3.05) is 6.61 Å². The first-order valence-electron chi connectivity index (χ1n) is 6.71. The molecule has 22 heavy (non-hydrogen) atoms. The average Bonchev–Trinajstić information content (AvgIpc) is 2.83. The first kappa shape index (κ1) is 14.4. The fraction of sp³-hybridized carbons (Fsp3) is 0.125. The van der Waals surface area contributed by atoms with E-state index in [4.69, 9.17) is 22.2 Å². The summed E-state index contributed by atoms with van der Waals surface area (Å²) in [7, 11) is 0. The Bertz CT molecular complexity index is 840. The van der Waals surface area contributed by atoms with Gasteiger partial charge in [0.15, 0.2) is 12.4 Å². The van der Waals surface area contributed by atoms with Gasteiger partial charge < -0.3 is 10.6 Å². The molecule has 0 fully saturated rings. The fourth-order valence-electron chi connectivity index (χ4n) is 2.17. The third-order valence-electron chi connectivity index (χ3n) is 3.22. The minimum absolute atomic E-state index is 0.239. The first-order chi connectivity index (χ1) is 10.5. The lowest BCUT2D eigenvalue weighted by atomic mass is 10.1. The number of amides is 1. The normalized spacial score (nSPS) is 10.8. The number of hydrogen-bond acceptors (Lipinski definition) is 3. The molecule has 3 aromatic rings. The summed E-state index contributed by atoms with van der Waals surface area (Å²) in [6.07, 6.45) is 0. The molecule has 1 heterocycles. The van der Waals surface area contributed by atoms with Crippen molar-refractivity contribution in [1.82, 2.24) is 9.71 Å². The molecule has 2 aromatic carbocycles. The van der Waals surface area contributed by atoms with Crippen molar-refractivity contribution in [3.05, 3.63) is 53.1 Å². The van der Waals surface area contributed by atoms with Crippen LogP contribution in [0.3, 0.4) is 0 Å². The summed E-state index contributed by atoms with van der Waals surface area (Å²) in [5.74, 6) is 0.0391. The van der Waals surface area contributed by atoms with Crippen LogP contribution in [-0.2, 0) is 4.79 Å². The predicted molar refractivity (Wildman–Crippen MR) is 85.6 cm³/mol. The summed E-state index contributed by atoms with van der Waals surface area (Å²) >= 11 is 6.04. The highest BCUT2D eigenvalue weighted by Gasteiger charge is 2.15. The number of nitrogens with zero attached hydrogens (tertiary/aromatic N) is 2. The molecule has 0 spiro atoms. The van der Waals surface area contributed by atoms with Gasteiger partial charge in [0, 0.05) is 10.6 Å². The van der Waals surface area contributed by atoms with Gasteiger partial charge in [0.05, 0.1) is 5.52 Å². The lowest BCUT2D eigenvalue weighted by molar-refractivity contribution is -0.122. The molecular weight excluding hydrogens is 302 g/mol. The molecule has 1 amide bonds. The van der Waals surface area contributed by atoms with Crippen molar-refractivity contribution in [2.24, 2.45) is 5.73 Å². The van der Waals surface area contributed by atoms with Crippen LogP contribution in [0.5, 0.6) is 0 Å². The van der Waals surface area contributed by atoms with Crippen molar-refractivity contribution in [1.29, 1.82) is 0 Å². The molecule has 0 aliphatic rings. The van der Waals surface area contributed by atoms with Gasteiger partial charge in [-0.3, -0.25) is 4.79 Å². The van der Waals surface area contributed by atoms with E-state index in [0.29, 0.717) is 16.4 Å². The summed E-state index contributed by atoms with van der Waals surface area (Å²) in [4.78, 5) is 21.1. The molecule has 3 rings (SSSR count). The van der Waals surface area contributed by atoms with Gasteiger partial charge in [0.1, 0.15) is 5.52 Å². The number of primary amides is 1. The molecule has 5 nitrogen and oxygen atoms in total. The molecule has 0 saturated heterocycles. The molecule has 112 valence electrons. The van der Waals surface area contributed by atoms with E-state index in [9.17, 15) is 4.79 Å². The summed E-state index contributed by atoms with van der Waals surface area (Å²) in [5.41, 5.74) is 8.60. The Morgan fingerprint density at radius 1 is 1.27 bits per heavy atom. The second-order valence-electron chi connectivity index (χ2n) is 4.97. The number of carbonyl (C=O) groups excluding carboxylic acids is 1. The monoisotopic (exact) mass is 315 g/mol. The maximum atomic E-state index is 11.0. The van der Waals surface area contributed by atoms with Crippen LogP contribution < -0.4 is 10.6 Å². The van der Waals surface area contributed by atoms with Gasteiger partial charge in [-0.15, -0.1) is 0 Å². The van der Waals surface area contributed by atoms with Crippen LogP contribution in [0.15, 0.2) is 42.5 Å². The minimum atomic E-state index is -0.557. The Labute approximate surface area is 132 Å². The van der Waals surface area contributed by atoms with E-state index < -0.39 is 5.91 Å². The molecular formula is C16H14ClN3O2. The van der Waals surface area contributed by atoms with Crippen LogP contribution in [0.25, 0.3) is 22.4 Å². The highest BCUT2D eigenvalue weighted by molar-refractivity contribution is 6.31. The molecule has 0 unspecified atom stereocenters. The van der Waals surface area contributed by atoms with Gasteiger partial charge in [0.2, 0.25) is 0 Å². The smallest absolute Gasteiger partial charge is 0.258 e. The molecule has 0 atom stereocenters. The van der Waals surface area contributed by atoms with Gasteiger partial charge >= 0.3 is 0 Å². The molecule has 0 bridgehead atoms. The van der Waals surface area contributed by atoms with Crippen LogP contribution in [0.2, 0.25) is 5.02 Å². The summed E-state index contributed by atoms with van der Waals surface area (Å²) < 4.78 is 1.50. The zero-order chi connectivity index (χ0) is 15.7. The van der Waals surface area contributed by atoms with Crippen LogP contribution in [0.1, 0.15) is 5.56 Å². The van der Waals surface area contributed by atoms with Crippen molar-refractivity contribution in [3.8, 4) is 11.4 Å². The third kappa shape index (κ3) is 2.76. The second-order valence-corrected chi connectivity index (χ2v) is 5.41. The van der Waals surface area contributed by atoms with Crippen LogP contribution in [-0.4, -0.2) is 22.2 Å². The van der Waals surface area contributed by atoms with Crippen LogP contribution >= 0.6 is 11.6 Å². The number of carbonyl (C=O) groups is 1. The predicted octanol–water partition coefficient (Wildman–Crippen LogP) is 2.58. The van der Waals surface area contributed by atoms with E-state index in [-0.39, 0.29) is 6.61 Å². The second kappa shape index (κ2) is 5.69. The number of rotatable bonds is 4. The average molecular weight is 316 g/mol. The molecule has 6 heteroatoms. The van der Waals surface area contributed by atoms with Crippen molar-refractivity contribution >= 4 is 28.5 Å². The minimum Gasteiger partial charge on any atom is -0.402 e. The van der Waals surface area contributed by atoms with E-state index >= 15 is 0 Å². The number of halogens is 1. The summed E-state index contributed by atoms with van der Waals surface area (Å²) in [6, 6.07) is 13.2. The zero-order valence-corrected chi connectivity index (χ0v) is 12.7. The van der Waals surface area contributed by atoms with Gasteiger partial charge in [0.25, 0.3) is 5.91 Å². The SMILES string of the molecule is Cc1ccc(-c2nc3ccc(Cl)cc3n2OCC(N)=O)cc1. The van der Waals surface area contributed by atoms with Crippen molar-refractivity contribution in [2.45, 2.75) is 6.92 Å². The maximum absolute atomic E-state index is 11.0. The zero-order valence-electron chi connectivity index (χ0n) is 11.9. The number of imidazole rings is 1. The molecule has 0 saturated carbocycles. The molecule has 1 aromatic heterocycles. The van der Waals surface area contributed by atoms with Crippen molar-refractivity contribution < 1.29 is 9.63 Å². The highest BCUT2D eigenvalue weighted by atomic mass is 35.5. The molecule has 0 aliphatic heterocycles. The third-order valence-corrected chi connectivity index (χ3v) is 3.46. The van der Waals surface area contributed by atoms with E-state index in [0.717, 1.165) is 16.6 Å². The Kier molecular flexibility index (Phi) is 3.73. The quantitative estimate of drug-likeness (QED) is 0.804. The van der Waals surface area contributed by atoms with Gasteiger partial charge in [-0.25, -0.2) is 4.98 Å². The fourth-order valence-corrected chi connectivity index (χ4v) is 2.34. The maximum Gasteiger partial charge on any atom is 0.258 e. The van der Waals surface area contributed by atoms with E-state index in [1.807, 2.05) is 31.2 Å². The van der Waals surface area contributed by atoms with Gasteiger partial charge in [-0.05, 0) is 25.1 Å². The number of aromatic nitrogens is 2. The molecule has 2 N–H and O–H groups in total. The lowest BCUT2D eigenvalue weighted by Gasteiger charge is -2.09. The summed E-state index contributed by atoms with van der Waals surface area (Å²) in [6.45, 7) is 1.77. The Balaban J connectivity index is 2.16. The number of fused-ring (bicyclic) bond motifs is 1. The van der Waals surface area contributed by atoms with E-state index in [1.54, 1.807) is 18.2 Å². The largest absolute Gasteiger partial charge is 0.402 e. The first-order valence-corrected chi connectivity index (χ1v) is 7.09. The number of nitrogens with two attached hydrogens (primary N) is 1.